The molecule has 0 saturated heterocycles. The molecule has 1 aliphatic carbocycles. The topological polar surface area (TPSA) is 12.0 Å². The highest BCUT2D eigenvalue weighted by molar-refractivity contribution is 4.75. The van der Waals surface area contributed by atoms with Gasteiger partial charge in [-0.1, -0.05) is 26.2 Å². The fourth-order valence-corrected chi connectivity index (χ4v) is 1.62. The maximum Gasteiger partial charge on any atom is 0.00640 e. The summed E-state index contributed by atoms with van der Waals surface area (Å²) >= 11 is 0. The van der Waals surface area contributed by atoms with Crippen LogP contribution in [-0.4, -0.2) is 13.1 Å². The molecule has 0 heterocycles. The first-order valence-electron chi connectivity index (χ1n) is 5.04. The Kier molecular flexibility index (Phi) is 3.92. The molecule has 66 valence electrons. The molecule has 0 aromatic rings. The molecule has 0 aliphatic heterocycles. The van der Waals surface area contributed by atoms with E-state index in [4.69, 9.17) is 0 Å². The largest absolute Gasteiger partial charge is 0.317 e. The van der Waals surface area contributed by atoms with Crippen LogP contribution >= 0.6 is 0 Å². The van der Waals surface area contributed by atoms with E-state index in [0.717, 1.165) is 12.0 Å². The van der Waals surface area contributed by atoms with E-state index in [2.05, 4.69) is 19.3 Å². The van der Waals surface area contributed by atoms with Crippen LogP contribution in [0.1, 0.15) is 45.4 Å². The van der Waals surface area contributed by atoms with Gasteiger partial charge >= 0.3 is 0 Å². The molecule has 0 bridgehead atoms. The normalized spacial score (nSPS) is 20.2. The van der Waals surface area contributed by atoms with Gasteiger partial charge in [-0.3, -0.25) is 0 Å². The van der Waals surface area contributed by atoms with E-state index in [0.29, 0.717) is 0 Å². The molecule has 1 rings (SSSR count). The quantitative estimate of drug-likeness (QED) is 0.621. The molecular weight excluding hydrogens is 134 g/mol. The van der Waals surface area contributed by atoms with Crippen molar-refractivity contribution in [2.75, 3.05) is 7.05 Å². The zero-order chi connectivity index (χ0) is 8.10. The summed E-state index contributed by atoms with van der Waals surface area (Å²) in [5, 5.41) is 3.39. The molecule has 1 nitrogen and oxygen atoms in total. The Hall–Kier alpha value is -0.0400. The monoisotopic (exact) mass is 155 g/mol. The van der Waals surface area contributed by atoms with E-state index < -0.39 is 0 Å². The van der Waals surface area contributed by atoms with Crippen LogP contribution in [0, 0.1) is 5.92 Å². The first-order valence-corrected chi connectivity index (χ1v) is 5.04. The zero-order valence-corrected chi connectivity index (χ0v) is 7.90. The highest BCUT2D eigenvalue weighted by Crippen LogP contribution is 2.34. The Morgan fingerprint density at radius 2 is 2.09 bits per heavy atom. The van der Waals surface area contributed by atoms with Crippen LogP contribution in [0.2, 0.25) is 0 Å². The standard InChI is InChI=1S/C10H21N/c1-3-4-10(11-2)8-7-9-5-6-9/h9-11H,3-8H2,1-2H3. The number of nitrogens with one attached hydrogen (secondary N) is 1. The van der Waals surface area contributed by atoms with Crippen LogP contribution in [0.25, 0.3) is 0 Å². The van der Waals surface area contributed by atoms with Crippen molar-refractivity contribution >= 4 is 0 Å². The molecule has 0 amide bonds. The molecule has 0 aromatic carbocycles. The van der Waals surface area contributed by atoms with Crippen LogP contribution in [0.4, 0.5) is 0 Å². The van der Waals surface area contributed by atoms with Crippen molar-refractivity contribution in [2.45, 2.75) is 51.5 Å². The third kappa shape index (κ3) is 3.76. The minimum atomic E-state index is 0.792. The lowest BCUT2D eigenvalue weighted by Crippen LogP contribution is -2.24. The van der Waals surface area contributed by atoms with E-state index >= 15 is 0 Å². The second kappa shape index (κ2) is 4.76. The van der Waals surface area contributed by atoms with Crippen molar-refractivity contribution in [3.63, 3.8) is 0 Å². The molecule has 1 heteroatoms. The molecule has 1 aliphatic rings. The average Bonchev–Trinajstić information content (AvgIpc) is 2.81. The molecule has 1 saturated carbocycles. The highest BCUT2D eigenvalue weighted by atomic mass is 14.9. The summed E-state index contributed by atoms with van der Waals surface area (Å²) in [5.41, 5.74) is 0. The summed E-state index contributed by atoms with van der Waals surface area (Å²) < 4.78 is 0. The summed E-state index contributed by atoms with van der Waals surface area (Å²) in [4.78, 5) is 0. The Bertz CT molecular complexity index is 97.0. The van der Waals surface area contributed by atoms with Gasteiger partial charge in [0.05, 0.1) is 0 Å². The molecule has 11 heavy (non-hydrogen) atoms. The van der Waals surface area contributed by atoms with Crippen LogP contribution in [0.15, 0.2) is 0 Å². The van der Waals surface area contributed by atoms with Gasteiger partial charge in [0, 0.05) is 6.04 Å². The Morgan fingerprint density at radius 3 is 2.55 bits per heavy atom. The number of rotatable bonds is 6. The Balaban J connectivity index is 1.98. The molecule has 1 atom stereocenters. The third-order valence-corrected chi connectivity index (χ3v) is 2.67. The lowest BCUT2D eigenvalue weighted by molar-refractivity contribution is 0.456. The van der Waals surface area contributed by atoms with Crippen molar-refractivity contribution in [1.29, 1.82) is 0 Å². The highest BCUT2D eigenvalue weighted by Gasteiger charge is 2.21. The van der Waals surface area contributed by atoms with Gasteiger partial charge in [0.1, 0.15) is 0 Å². The SMILES string of the molecule is CCCC(CCC1CC1)NC. The van der Waals surface area contributed by atoms with E-state index in [1.54, 1.807) is 0 Å². The first kappa shape index (κ1) is 9.05. The maximum absolute atomic E-state index is 3.39. The van der Waals surface area contributed by atoms with Crippen molar-refractivity contribution in [3.05, 3.63) is 0 Å². The van der Waals surface area contributed by atoms with Crippen molar-refractivity contribution in [3.8, 4) is 0 Å². The van der Waals surface area contributed by atoms with Gasteiger partial charge in [0.15, 0.2) is 0 Å². The summed E-state index contributed by atoms with van der Waals surface area (Å²) in [6, 6.07) is 0.792. The summed E-state index contributed by atoms with van der Waals surface area (Å²) in [6.07, 6.45) is 8.53. The molecule has 0 aromatic heterocycles. The zero-order valence-electron chi connectivity index (χ0n) is 7.90. The fourth-order valence-electron chi connectivity index (χ4n) is 1.62. The minimum absolute atomic E-state index is 0.792. The van der Waals surface area contributed by atoms with Gasteiger partial charge < -0.3 is 5.32 Å². The van der Waals surface area contributed by atoms with Crippen molar-refractivity contribution in [2.24, 2.45) is 5.92 Å². The maximum atomic E-state index is 3.39. The van der Waals surface area contributed by atoms with Gasteiger partial charge in [-0.2, -0.15) is 0 Å². The van der Waals surface area contributed by atoms with E-state index in [1.807, 2.05) is 0 Å². The van der Waals surface area contributed by atoms with Gasteiger partial charge in [-0.25, -0.2) is 0 Å². The molecule has 0 radical (unpaired) electrons. The average molecular weight is 155 g/mol. The van der Waals surface area contributed by atoms with Gasteiger partial charge in [-0.15, -0.1) is 0 Å². The van der Waals surface area contributed by atoms with Gasteiger partial charge in [0.2, 0.25) is 0 Å². The lowest BCUT2D eigenvalue weighted by Gasteiger charge is -2.14. The Labute approximate surface area is 70.6 Å². The predicted molar refractivity (Wildman–Crippen MR) is 49.7 cm³/mol. The van der Waals surface area contributed by atoms with Gasteiger partial charge in [-0.05, 0) is 32.2 Å². The van der Waals surface area contributed by atoms with Gasteiger partial charge in [0.25, 0.3) is 0 Å². The van der Waals surface area contributed by atoms with Crippen LogP contribution in [0.3, 0.4) is 0 Å². The van der Waals surface area contributed by atoms with Crippen LogP contribution in [-0.2, 0) is 0 Å². The summed E-state index contributed by atoms with van der Waals surface area (Å²) in [7, 11) is 2.09. The van der Waals surface area contributed by atoms with Crippen LogP contribution in [0.5, 0.6) is 0 Å². The smallest absolute Gasteiger partial charge is 0.00640 e. The fraction of sp³-hybridized carbons (Fsp3) is 1.00. The summed E-state index contributed by atoms with van der Waals surface area (Å²) in [6.45, 7) is 2.27. The minimum Gasteiger partial charge on any atom is -0.317 e. The van der Waals surface area contributed by atoms with Crippen molar-refractivity contribution in [1.82, 2.24) is 5.32 Å². The molecule has 0 spiro atoms. The number of hydrogen-bond acceptors (Lipinski definition) is 1. The number of hydrogen-bond donors (Lipinski definition) is 1. The molecule has 1 N–H and O–H groups in total. The second-order valence-corrected chi connectivity index (χ2v) is 3.79. The van der Waals surface area contributed by atoms with E-state index in [-0.39, 0.29) is 0 Å². The van der Waals surface area contributed by atoms with Crippen LogP contribution < -0.4 is 5.32 Å². The summed E-state index contributed by atoms with van der Waals surface area (Å²) in [5.74, 6) is 1.10. The third-order valence-electron chi connectivity index (χ3n) is 2.67. The van der Waals surface area contributed by atoms with E-state index in [9.17, 15) is 0 Å². The van der Waals surface area contributed by atoms with E-state index in [1.165, 1.54) is 38.5 Å². The predicted octanol–water partition coefficient (Wildman–Crippen LogP) is 2.56. The lowest BCUT2D eigenvalue weighted by atomic mass is 10.0. The first-order chi connectivity index (χ1) is 5.36. The molecule has 1 unspecified atom stereocenters. The van der Waals surface area contributed by atoms with Crippen molar-refractivity contribution < 1.29 is 0 Å². The molecule has 1 fully saturated rings. The Morgan fingerprint density at radius 1 is 1.36 bits per heavy atom. The molecular formula is C10H21N. The second-order valence-electron chi connectivity index (χ2n) is 3.79.